The van der Waals surface area contributed by atoms with E-state index < -0.39 is 23.2 Å². The molecule has 1 unspecified atom stereocenters. The highest BCUT2D eigenvalue weighted by Gasteiger charge is 2.31. The fourth-order valence-electron chi connectivity index (χ4n) is 3.59. The molecule has 1 aromatic heterocycles. The van der Waals surface area contributed by atoms with Crippen molar-refractivity contribution in [2.45, 2.75) is 19.6 Å². The van der Waals surface area contributed by atoms with Gasteiger partial charge in [-0.2, -0.15) is 0 Å². The largest absolute Gasteiger partial charge is 0.502 e. The molecule has 1 aliphatic rings. The Morgan fingerprint density at radius 3 is 2.71 bits per heavy atom. The molecule has 0 radical (unpaired) electrons. The molecule has 1 atom stereocenters. The molecule has 0 fully saturated rings. The van der Waals surface area contributed by atoms with Crippen LogP contribution in [-0.4, -0.2) is 52.5 Å². The molecular formula is C22H22ClN3O5. The van der Waals surface area contributed by atoms with Gasteiger partial charge < -0.3 is 19.5 Å². The zero-order valence-corrected chi connectivity index (χ0v) is 17.9. The Morgan fingerprint density at radius 1 is 1.16 bits per heavy atom. The summed E-state index contributed by atoms with van der Waals surface area (Å²) < 4.78 is 12.1. The van der Waals surface area contributed by atoms with Gasteiger partial charge in [-0.15, -0.1) is 5.10 Å². The normalized spacial score (nSPS) is 14.5. The number of ether oxygens (including phenoxy) is 2. The number of fused-ring (bicyclic) bond motifs is 2. The van der Waals surface area contributed by atoms with E-state index in [4.69, 9.17) is 21.1 Å². The first-order valence-corrected chi connectivity index (χ1v) is 10.2. The average Bonchev–Trinajstić information content (AvgIpc) is 2.76. The molecule has 2 aromatic carbocycles. The lowest BCUT2D eigenvalue weighted by Gasteiger charge is -2.29. The van der Waals surface area contributed by atoms with Gasteiger partial charge in [0, 0.05) is 25.2 Å². The highest BCUT2D eigenvalue weighted by Crippen LogP contribution is 2.27. The van der Waals surface area contributed by atoms with Gasteiger partial charge in [0.1, 0.15) is 6.10 Å². The molecule has 162 valence electrons. The van der Waals surface area contributed by atoms with Crippen LogP contribution in [0.4, 0.5) is 0 Å². The van der Waals surface area contributed by atoms with Gasteiger partial charge in [0.2, 0.25) is 5.75 Å². The van der Waals surface area contributed by atoms with Crippen LogP contribution >= 0.6 is 11.6 Å². The van der Waals surface area contributed by atoms with Crippen molar-refractivity contribution in [1.82, 2.24) is 14.7 Å². The maximum Gasteiger partial charge on any atom is 0.285 e. The van der Waals surface area contributed by atoms with E-state index >= 15 is 0 Å². The first-order chi connectivity index (χ1) is 14.9. The summed E-state index contributed by atoms with van der Waals surface area (Å²) in [5.74, 6) is -1.37. The maximum atomic E-state index is 12.7. The molecule has 0 aliphatic carbocycles. The van der Waals surface area contributed by atoms with E-state index in [1.165, 1.54) is 9.58 Å². The third kappa shape index (κ3) is 4.08. The Labute approximate surface area is 183 Å². The van der Waals surface area contributed by atoms with Crippen molar-refractivity contribution < 1.29 is 19.4 Å². The molecule has 31 heavy (non-hydrogen) atoms. The zero-order valence-electron chi connectivity index (χ0n) is 17.2. The Hall–Kier alpha value is -3.10. The van der Waals surface area contributed by atoms with E-state index in [9.17, 15) is 14.7 Å². The van der Waals surface area contributed by atoms with Gasteiger partial charge in [0.05, 0.1) is 13.2 Å². The Morgan fingerprint density at radius 2 is 1.94 bits per heavy atom. The third-order valence-electron chi connectivity index (χ3n) is 5.32. The van der Waals surface area contributed by atoms with Crippen LogP contribution in [0.1, 0.15) is 29.1 Å². The smallest absolute Gasteiger partial charge is 0.285 e. The summed E-state index contributed by atoms with van der Waals surface area (Å²) in [6.07, 6.45) is -0.515. The van der Waals surface area contributed by atoms with Crippen molar-refractivity contribution in [3.63, 3.8) is 0 Å². The van der Waals surface area contributed by atoms with Crippen molar-refractivity contribution in [2.75, 3.05) is 26.8 Å². The second kappa shape index (κ2) is 8.56. The van der Waals surface area contributed by atoms with Gasteiger partial charge in [0.15, 0.2) is 5.69 Å². The van der Waals surface area contributed by atoms with Crippen LogP contribution in [0.25, 0.3) is 10.8 Å². The lowest BCUT2D eigenvalue weighted by molar-refractivity contribution is 0.0620. The minimum absolute atomic E-state index is 0.132. The maximum absolute atomic E-state index is 12.7. The number of aromatic nitrogens is 2. The summed E-state index contributed by atoms with van der Waals surface area (Å²) in [5, 5.41) is 17.2. The van der Waals surface area contributed by atoms with Crippen molar-refractivity contribution in [3.05, 3.63) is 62.9 Å². The molecule has 9 heteroatoms. The molecule has 1 amide bonds. The molecule has 0 saturated carbocycles. The van der Waals surface area contributed by atoms with Gasteiger partial charge in [-0.05, 0) is 41.5 Å². The van der Waals surface area contributed by atoms with Crippen LogP contribution in [0.2, 0.25) is 5.02 Å². The molecule has 0 saturated heterocycles. The molecule has 1 N–H and O–H groups in total. The first kappa shape index (κ1) is 21.1. The molecular weight excluding hydrogens is 422 g/mol. The fourth-order valence-corrected chi connectivity index (χ4v) is 3.77. The predicted octanol–water partition coefficient (Wildman–Crippen LogP) is 3.00. The number of benzene rings is 2. The number of hydrogen-bond donors (Lipinski definition) is 1. The second-order valence-corrected chi connectivity index (χ2v) is 7.79. The number of nitrogens with zero attached hydrogens (tertiary/aromatic N) is 3. The van der Waals surface area contributed by atoms with Crippen molar-refractivity contribution in [3.8, 4) is 11.6 Å². The topological polar surface area (TPSA) is 93.9 Å². The van der Waals surface area contributed by atoms with Crippen LogP contribution in [0.3, 0.4) is 0 Å². The van der Waals surface area contributed by atoms with E-state index in [0.29, 0.717) is 31.3 Å². The van der Waals surface area contributed by atoms with Crippen LogP contribution in [0.5, 0.6) is 11.6 Å². The standard InChI is InChI=1S/C22H22ClN3O5/c1-13(15-4-3-14-5-6-17(23)12-16(14)11-15)31-21-20(28)19(27)18-22(29)25(9-10-30-2)7-8-26(18)24-21/h3-6,11-13,27H,7-10H2,1-2H3. The Balaban J connectivity index is 1.62. The van der Waals surface area contributed by atoms with Crippen LogP contribution in [0, 0.1) is 0 Å². The van der Waals surface area contributed by atoms with E-state index in [0.717, 1.165) is 16.3 Å². The summed E-state index contributed by atoms with van der Waals surface area (Å²) in [7, 11) is 1.54. The Kier molecular flexibility index (Phi) is 5.84. The fraction of sp³-hybridized carbons (Fsp3) is 0.318. The number of hydrogen-bond acceptors (Lipinski definition) is 6. The van der Waals surface area contributed by atoms with E-state index in [1.807, 2.05) is 36.4 Å². The van der Waals surface area contributed by atoms with Gasteiger partial charge in [-0.3, -0.25) is 14.3 Å². The van der Waals surface area contributed by atoms with Crippen LogP contribution in [0.15, 0.2) is 41.2 Å². The molecule has 0 spiro atoms. The number of carbonyl (C=O) groups excluding carboxylic acids is 1. The van der Waals surface area contributed by atoms with Crippen molar-refractivity contribution in [2.24, 2.45) is 0 Å². The van der Waals surface area contributed by atoms with Crippen LogP contribution in [-0.2, 0) is 11.3 Å². The van der Waals surface area contributed by atoms with Gasteiger partial charge in [-0.25, -0.2) is 0 Å². The highest BCUT2D eigenvalue weighted by atomic mass is 35.5. The summed E-state index contributed by atoms with van der Waals surface area (Å²) >= 11 is 6.09. The number of carbonyl (C=O) groups is 1. The molecule has 2 heterocycles. The zero-order chi connectivity index (χ0) is 22.1. The Bertz CT molecular complexity index is 1210. The van der Waals surface area contributed by atoms with Crippen molar-refractivity contribution >= 4 is 28.3 Å². The minimum Gasteiger partial charge on any atom is -0.502 e. The molecule has 3 aromatic rings. The monoisotopic (exact) mass is 443 g/mol. The predicted molar refractivity (Wildman–Crippen MR) is 116 cm³/mol. The van der Waals surface area contributed by atoms with Crippen molar-refractivity contribution in [1.29, 1.82) is 0 Å². The second-order valence-electron chi connectivity index (χ2n) is 7.35. The summed E-state index contributed by atoms with van der Waals surface area (Å²) in [4.78, 5) is 26.8. The quantitative estimate of drug-likeness (QED) is 0.629. The number of halogens is 1. The number of rotatable bonds is 6. The summed E-state index contributed by atoms with van der Waals surface area (Å²) in [5.41, 5.74) is -0.128. The molecule has 1 aliphatic heterocycles. The lowest BCUT2D eigenvalue weighted by Crippen LogP contribution is -2.44. The molecule has 4 rings (SSSR count). The number of aromatic hydroxyl groups is 1. The van der Waals surface area contributed by atoms with E-state index in [1.54, 1.807) is 14.0 Å². The van der Waals surface area contributed by atoms with Gasteiger partial charge in [0.25, 0.3) is 17.2 Å². The van der Waals surface area contributed by atoms with Gasteiger partial charge >= 0.3 is 0 Å². The lowest BCUT2D eigenvalue weighted by atomic mass is 10.0. The van der Waals surface area contributed by atoms with E-state index in [-0.39, 0.29) is 11.6 Å². The van der Waals surface area contributed by atoms with Gasteiger partial charge in [-0.1, -0.05) is 29.8 Å². The summed E-state index contributed by atoms with van der Waals surface area (Å²) in [6, 6.07) is 11.4. The SMILES string of the molecule is COCCN1CCn2nc(OC(C)c3ccc4ccc(Cl)cc4c3)c(=O)c(O)c2C1=O. The number of amides is 1. The summed E-state index contributed by atoms with van der Waals surface area (Å²) in [6.45, 7) is 3.23. The average molecular weight is 444 g/mol. The third-order valence-corrected chi connectivity index (χ3v) is 5.56. The van der Waals surface area contributed by atoms with E-state index in [2.05, 4.69) is 5.10 Å². The highest BCUT2D eigenvalue weighted by molar-refractivity contribution is 6.31. The minimum atomic E-state index is -0.816. The first-order valence-electron chi connectivity index (χ1n) is 9.87. The molecule has 8 nitrogen and oxygen atoms in total. The number of methoxy groups -OCH3 is 1. The van der Waals surface area contributed by atoms with Crippen LogP contribution < -0.4 is 10.2 Å². The molecule has 0 bridgehead atoms.